The summed E-state index contributed by atoms with van der Waals surface area (Å²) in [7, 11) is 0. The molecule has 1 amide bonds. The van der Waals surface area contributed by atoms with Gasteiger partial charge >= 0.3 is 6.09 Å². The molecule has 1 aliphatic carbocycles. The van der Waals surface area contributed by atoms with E-state index in [1.165, 1.54) is 0 Å². The zero-order chi connectivity index (χ0) is 17.8. The zero-order valence-corrected chi connectivity index (χ0v) is 16.2. The summed E-state index contributed by atoms with van der Waals surface area (Å²) in [5.41, 5.74) is -0.317. The van der Waals surface area contributed by atoms with Gasteiger partial charge in [0.05, 0.1) is 6.10 Å². The number of carbonyl (C=O) groups is 1. The van der Waals surface area contributed by atoms with Gasteiger partial charge in [-0.1, -0.05) is 13.8 Å². The molecule has 0 aromatic rings. The van der Waals surface area contributed by atoms with E-state index in [0.29, 0.717) is 18.7 Å². The number of hydrogen-bond donors (Lipinski definition) is 1. The molecule has 0 aromatic heterocycles. The maximum atomic E-state index is 12.3. The van der Waals surface area contributed by atoms with Gasteiger partial charge in [0.15, 0.2) is 0 Å². The number of nitrogens with zero attached hydrogens (tertiary/aromatic N) is 1. The van der Waals surface area contributed by atoms with E-state index >= 15 is 0 Å². The van der Waals surface area contributed by atoms with Crippen LogP contribution in [0.5, 0.6) is 0 Å². The van der Waals surface area contributed by atoms with Gasteiger partial charge in [-0.15, -0.1) is 0 Å². The number of ether oxygens (including phenoxy) is 2. The highest BCUT2D eigenvalue weighted by molar-refractivity contribution is 5.68. The van der Waals surface area contributed by atoms with Crippen LogP contribution in [0.4, 0.5) is 4.79 Å². The smallest absolute Gasteiger partial charge is 0.410 e. The molecule has 0 bridgehead atoms. The molecule has 0 radical (unpaired) electrons. The van der Waals surface area contributed by atoms with Gasteiger partial charge in [0, 0.05) is 37.2 Å². The lowest BCUT2D eigenvalue weighted by Crippen LogP contribution is -2.61. The molecule has 1 fully saturated rings. The van der Waals surface area contributed by atoms with E-state index < -0.39 is 5.60 Å². The molecule has 1 aliphatic rings. The third-order valence-corrected chi connectivity index (χ3v) is 4.54. The van der Waals surface area contributed by atoms with Crippen molar-refractivity contribution in [3.63, 3.8) is 0 Å². The SMILES string of the molecule is CCOC1CC(NCCN(C(=O)OC(C)(C)C)C(C)C)C1(C)C. The Kier molecular flexibility index (Phi) is 6.90. The van der Waals surface area contributed by atoms with E-state index in [4.69, 9.17) is 9.47 Å². The minimum Gasteiger partial charge on any atom is -0.444 e. The van der Waals surface area contributed by atoms with Crippen molar-refractivity contribution in [3.05, 3.63) is 0 Å². The van der Waals surface area contributed by atoms with Crippen molar-refractivity contribution in [2.45, 2.75) is 85.6 Å². The molecular formula is C18H36N2O3. The second-order valence-electron chi connectivity index (χ2n) is 8.28. The van der Waals surface area contributed by atoms with Gasteiger partial charge in [-0.2, -0.15) is 0 Å². The Morgan fingerprint density at radius 3 is 2.39 bits per heavy atom. The van der Waals surface area contributed by atoms with Crippen LogP contribution in [0, 0.1) is 5.41 Å². The van der Waals surface area contributed by atoms with Crippen LogP contribution in [0.3, 0.4) is 0 Å². The number of nitrogens with one attached hydrogen (secondary N) is 1. The Labute approximate surface area is 142 Å². The second-order valence-corrected chi connectivity index (χ2v) is 8.28. The molecule has 0 spiro atoms. The summed E-state index contributed by atoms with van der Waals surface area (Å²) >= 11 is 0. The minimum atomic E-state index is -0.460. The fraction of sp³-hybridized carbons (Fsp3) is 0.944. The fourth-order valence-corrected chi connectivity index (χ4v) is 2.96. The number of hydrogen-bond acceptors (Lipinski definition) is 4. The van der Waals surface area contributed by atoms with Crippen LogP contribution >= 0.6 is 0 Å². The average molecular weight is 328 g/mol. The number of rotatable bonds is 7. The molecule has 1 N–H and O–H groups in total. The van der Waals surface area contributed by atoms with Gasteiger partial charge in [0.1, 0.15) is 5.60 Å². The Bertz CT molecular complexity index is 388. The average Bonchev–Trinajstić information content (AvgIpc) is 2.38. The van der Waals surface area contributed by atoms with Crippen LogP contribution in [-0.4, -0.2) is 54.5 Å². The molecule has 2 unspecified atom stereocenters. The maximum absolute atomic E-state index is 12.3. The van der Waals surface area contributed by atoms with Gasteiger partial charge < -0.3 is 19.7 Å². The van der Waals surface area contributed by atoms with E-state index in [0.717, 1.165) is 19.6 Å². The lowest BCUT2D eigenvalue weighted by Gasteiger charge is -2.52. The van der Waals surface area contributed by atoms with Crippen LogP contribution in [0.2, 0.25) is 0 Å². The number of carbonyl (C=O) groups excluding carboxylic acids is 1. The van der Waals surface area contributed by atoms with Crippen LogP contribution < -0.4 is 5.32 Å². The summed E-state index contributed by atoms with van der Waals surface area (Å²) in [5, 5.41) is 3.57. The van der Waals surface area contributed by atoms with Crippen molar-refractivity contribution in [2.24, 2.45) is 5.41 Å². The van der Waals surface area contributed by atoms with Crippen molar-refractivity contribution in [2.75, 3.05) is 19.7 Å². The predicted molar refractivity (Wildman–Crippen MR) is 93.7 cm³/mol. The first-order valence-electron chi connectivity index (χ1n) is 8.83. The van der Waals surface area contributed by atoms with Gasteiger partial charge in [-0.3, -0.25) is 0 Å². The Morgan fingerprint density at radius 1 is 1.35 bits per heavy atom. The molecular weight excluding hydrogens is 292 g/mol. The highest BCUT2D eigenvalue weighted by Gasteiger charge is 2.48. The first-order chi connectivity index (χ1) is 10.5. The standard InChI is InChI=1S/C18H36N2O3/c1-9-22-15-12-14(18(15,7)8)19-10-11-20(13(2)3)16(21)23-17(4,5)6/h13-15,19H,9-12H2,1-8H3. The van der Waals surface area contributed by atoms with Gasteiger partial charge in [0.25, 0.3) is 0 Å². The maximum Gasteiger partial charge on any atom is 0.410 e. The van der Waals surface area contributed by atoms with Gasteiger partial charge in [-0.05, 0) is 48.0 Å². The first kappa shape index (κ1) is 20.2. The molecule has 5 nitrogen and oxygen atoms in total. The normalized spacial score (nSPS) is 23.5. The quantitative estimate of drug-likeness (QED) is 0.778. The molecule has 5 heteroatoms. The second kappa shape index (κ2) is 7.84. The zero-order valence-electron chi connectivity index (χ0n) is 16.2. The monoisotopic (exact) mass is 328 g/mol. The molecule has 23 heavy (non-hydrogen) atoms. The molecule has 2 atom stereocenters. The first-order valence-corrected chi connectivity index (χ1v) is 8.83. The Morgan fingerprint density at radius 2 is 1.96 bits per heavy atom. The topological polar surface area (TPSA) is 50.8 Å². The summed E-state index contributed by atoms with van der Waals surface area (Å²) in [5.74, 6) is 0. The summed E-state index contributed by atoms with van der Waals surface area (Å²) in [6.07, 6.45) is 1.13. The predicted octanol–water partition coefficient (Wildman–Crippen LogP) is 3.43. The lowest BCUT2D eigenvalue weighted by atomic mass is 9.64. The van der Waals surface area contributed by atoms with Crippen LogP contribution in [0.15, 0.2) is 0 Å². The largest absolute Gasteiger partial charge is 0.444 e. The highest BCUT2D eigenvalue weighted by atomic mass is 16.6. The molecule has 0 aliphatic heterocycles. The van der Waals surface area contributed by atoms with Crippen molar-refractivity contribution >= 4 is 6.09 Å². The third-order valence-electron chi connectivity index (χ3n) is 4.54. The van der Waals surface area contributed by atoms with E-state index in [1.54, 1.807) is 4.90 Å². The van der Waals surface area contributed by atoms with E-state index in [-0.39, 0.29) is 17.6 Å². The minimum absolute atomic E-state index is 0.122. The number of amides is 1. The summed E-state index contributed by atoms with van der Waals surface area (Å²) in [6.45, 7) is 18.4. The molecule has 0 saturated heterocycles. The van der Waals surface area contributed by atoms with Crippen LogP contribution in [0.1, 0.15) is 61.8 Å². The Balaban J connectivity index is 2.44. The molecule has 1 saturated carbocycles. The lowest BCUT2D eigenvalue weighted by molar-refractivity contribution is -0.114. The van der Waals surface area contributed by atoms with Gasteiger partial charge in [0.2, 0.25) is 0 Å². The summed E-state index contributed by atoms with van der Waals surface area (Å²) < 4.78 is 11.2. The third kappa shape index (κ3) is 5.64. The van der Waals surface area contributed by atoms with Crippen LogP contribution in [-0.2, 0) is 9.47 Å². The van der Waals surface area contributed by atoms with Gasteiger partial charge in [-0.25, -0.2) is 4.79 Å². The molecule has 0 heterocycles. The van der Waals surface area contributed by atoms with Crippen molar-refractivity contribution < 1.29 is 14.3 Å². The fourth-order valence-electron chi connectivity index (χ4n) is 2.96. The molecule has 136 valence electrons. The van der Waals surface area contributed by atoms with Crippen molar-refractivity contribution in [1.82, 2.24) is 10.2 Å². The van der Waals surface area contributed by atoms with Crippen LogP contribution in [0.25, 0.3) is 0 Å². The van der Waals surface area contributed by atoms with E-state index in [2.05, 4.69) is 19.2 Å². The Hall–Kier alpha value is -0.810. The van der Waals surface area contributed by atoms with E-state index in [1.807, 2.05) is 41.5 Å². The van der Waals surface area contributed by atoms with Crippen molar-refractivity contribution in [3.8, 4) is 0 Å². The van der Waals surface area contributed by atoms with Crippen molar-refractivity contribution in [1.29, 1.82) is 0 Å². The molecule has 1 rings (SSSR count). The molecule has 0 aromatic carbocycles. The summed E-state index contributed by atoms with van der Waals surface area (Å²) in [4.78, 5) is 14.1. The van der Waals surface area contributed by atoms with E-state index in [9.17, 15) is 4.79 Å². The summed E-state index contributed by atoms with van der Waals surface area (Å²) in [6, 6.07) is 0.559. The highest BCUT2D eigenvalue weighted by Crippen LogP contribution is 2.42.